The Labute approximate surface area is 183 Å². The SMILES string of the molecule is COCc1cccc(NC(=O)CN(c2cccc(C)c2)S(=O)(=O)c2ccc(C)cc2)c1. The molecule has 0 atom stereocenters. The normalized spacial score (nSPS) is 11.2. The molecule has 0 saturated heterocycles. The number of amides is 1. The molecule has 0 aliphatic carbocycles. The summed E-state index contributed by atoms with van der Waals surface area (Å²) >= 11 is 0. The van der Waals surface area contributed by atoms with Crippen molar-refractivity contribution >= 4 is 27.3 Å². The van der Waals surface area contributed by atoms with Crippen molar-refractivity contribution in [2.75, 3.05) is 23.3 Å². The monoisotopic (exact) mass is 438 g/mol. The van der Waals surface area contributed by atoms with Gasteiger partial charge in [0.1, 0.15) is 6.54 Å². The highest BCUT2D eigenvalue weighted by molar-refractivity contribution is 7.92. The molecule has 1 amide bonds. The van der Waals surface area contributed by atoms with E-state index in [0.717, 1.165) is 21.0 Å². The predicted octanol–water partition coefficient (Wildman–Crippen LogP) is 4.28. The van der Waals surface area contributed by atoms with Crippen LogP contribution in [-0.4, -0.2) is 28.0 Å². The van der Waals surface area contributed by atoms with Crippen LogP contribution in [0.15, 0.2) is 77.7 Å². The molecule has 1 N–H and O–H groups in total. The van der Waals surface area contributed by atoms with Gasteiger partial charge in [0.2, 0.25) is 5.91 Å². The van der Waals surface area contributed by atoms with Crippen LogP contribution in [-0.2, 0) is 26.2 Å². The molecule has 0 saturated carbocycles. The van der Waals surface area contributed by atoms with Crippen molar-refractivity contribution in [2.24, 2.45) is 0 Å². The fourth-order valence-electron chi connectivity index (χ4n) is 3.17. The van der Waals surface area contributed by atoms with E-state index in [9.17, 15) is 13.2 Å². The Morgan fingerprint density at radius 1 is 0.935 bits per heavy atom. The lowest BCUT2D eigenvalue weighted by Crippen LogP contribution is -2.38. The molecule has 31 heavy (non-hydrogen) atoms. The second-order valence-corrected chi connectivity index (χ2v) is 9.21. The fraction of sp³-hybridized carbons (Fsp3) is 0.208. The molecule has 0 bridgehead atoms. The maximum absolute atomic E-state index is 13.4. The van der Waals surface area contributed by atoms with Crippen molar-refractivity contribution in [1.82, 2.24) is 0 Å². The average molecular weight is 439 g/mol. The van der Waals surface area contributed by atoms with E-state index in [-0.39, 0.29) is 11.4 Å². The maximum atomic E-state index is 13.4. The van der Waals surface area contributed by atoms with Crippen LogP contribution in [0.2, 0.25) is 0 Å². The van der Waals surface area contributed by atoms with Crippen LogP contribution >= 0.6 is 0 Å². The average Bonchev–Trinajstić information content (AvgIpc) is 2.73. The van der Waals surface area contributed by atoms with E-state index < -0.39 is 15.9 Å². The number of sulfonamides is 1. The predicted molar refractivity (Wildman–Crippen MR) is 123 cm³/mol. The van der Waals surface area contributed by atoms with Crippen LogP contribution < -0.4 is 9.62 Å². The molecule has 0 spiro atoms. The summed E-state index contributed by atoms with van der Waals surface area (Å²) in [4.78, 5) is 13.0. The third kappa shape index (κ3) is 5.71. The van der Waals surface area contributed by atoms with E-state index in [4.69, 9.17) is 4.74 Å². The first-order chi connectivity index (χ1) is 14.8. The van der Waals surface area contributed by atoms with Gasteiger partial charge < -0.3 is 10.1 Å². The van der Waals surface area contributed by atoms with Gasteiger partial charge in [-0.05, 0) is 61.4 Å². The van der Waals surface area contributed by atoms with E-state index in [1.807, 2.05) is 32.0 Å². The summed E-state index contributed by atoms with van der Waals surface area (Å²) in [5.41, 5.74) is 3.77. The quantitative estimate of drug-likeness (QED) is 0.569. The number of carbonyl (C=O) groups is 1. The Morgan fingerprint density at radius 2 is 1.65 bits per heavy atom. The summed E-state index contributed by atoms with van der Waals surface area (Å²) in [6.45, 7) is 3.83. The van der Waals surface area contributed by atoms with E-state index >= 15 is 0 Å². The molecule has 162 valence electrons. The van der Waals surface area contributed by atoms with Crippen molar-refractivity contribution in [3.8, 4) is 0 Å². The van der Waals surface area contributed by atoms with Crippen LogP contribution in [0.4, 0.5) is 11.4 Å². The summed E-state index contributed by atoms with van der Waals surface area (Å²) in [5.74, 6) is -0.438. The number of hydrogen-bond acceptors (Lipinski definition) is 4. The molecule has 0 aliphatic heterocycles. The van der Waals surface area contributed by atoms with Crippen molar-refractivity contribution in [3.05, 3.63) is 89.5 Å². The molecular weight excluding hydrogens is 412 g/mol. The molecular formula is C24H26N2O4S. The van der Waals surface area contributed by atoms with Gasteiger partial charge in [-0.15, -0.1) is 0 Å². The molecule has 0 aromatic heterocycles. The number of benzene rings is 3. The molecule has 0 unspecified atom stereocenters. The second-order valence-electron chi connectivity index (χ2n) is 7.35. The zero-order chi connectivity index (χ0) is 22.4. The number of methoxy groups -OCH3 is 1. The first kappa shape index (κ1) is 22.5. The Hall–Kier alpha value is -3.16. The van der Waals surface area contributed by atoms with Crippen molar-refractivity contribution in [3.63, 3.8) is 0 Å². The Morgan fingerprint density at radius 3 is 2.32 bits per heavy atom. The molecule has 0 heterocycles. The first-order valence-electron chi connectivity index (χ1n) is 9.83. The van der Waals surface area contributed by atoms with E-state index in [0.29, 0.717) is 18.0 Å². The molecule has 3 aromatic rings. The third-order valence-electron chi connectivity index (χ3n) is 4.71. The van der Waals surface area contributed by atoms with Gasteiger partial charge in [0.05, 0.1) is 17.2 Å². The highest BCUT2D eigenvalue weighted by Gasteiger charge is 2.27. The van der Waals surface area contributed by atoms with Crippen LogP contribution in [0.3, 0.4) is 0 Å². The van der Waals surface area contributed by atoms with Crippen molar-refractivity contribution in [1.29, 1.82) is 0 Å². The number of ether oxygens (including phenoxy) is 1. The van der Waals surface area contributed by atoms with Gasteiger partial charge >= 0.3 is 0 Å². The molecule has 0 aliphatic rings. The van der Waals surface area contributed by atoms with Gasteiger partial charge in [-0.25, -0.2) is 8.42 Å². The molecule has 3 aromatic carbocycles. The molecule has 3 rings (SSSR count). The van der Waals surface area contributed by atoms with Gasteiger partial charge in [-0.1, -0.05) is 42.0 Å². The summed E-state index contributed by atoms with van der Waals surface area (Å²) in [5, 5.41) is 2.79. The number of rotatable bonds is 8. The van der Waals surface area contributed by atoms with Crippen molar-refractivity contribution in [2.45, 2.75) is 25.3 Å². The van der Waals surface area contributed by atoms with Crippen LogP contribution in [0.1, 0.15) is 16.7 Å². The summed E-state index contributed by atoms with van der Waals surface area (Å²) < 4.78 is 33.1. The Kier molecular flexibility index (Phi) is 7.09. The van der Waals surface area contributed by atoms with Crippen LogP contribution in [0.25, 0.3) is 0 Å². The molecule has 0 fully saturated rings. The number of aryl methyl sites for hydroxylation is 2. The summed E-state index contributed by atoms with van der Waals surface area (Å²) in [7, 11) is -2.34. The minimum atomic E-state index is -3.94. The van der Waals surface area contributed by atoms with E-state index in [1.54, 1.807) is 61.7 Å². The van der Waals surface area contributed by atoms with Gasteiger partial charge in [-0.2, -0.15) is 0 Å². The van der Waals surface area contributed by atoms with Crippen molar-refractivity contribution < 1.29 is 17.9 Å². The minimum absolute atomic E-state index is 0.134. The van der Waals surface area contributed by atoms with Crippen LogP contribution in [0.5, 0.6) is 0 Å². The zero-order valence-electron chi connectivity index (χ0n) is 17.8. The maximum Gasteiger partial charge on any atom is 0.264 e. The second kappa shape index (κ2) is 9.76. The molecule has 0 radical (unpaired) electrons. The highest BCUT2D eigenvalue weighted by Crippen LogP contribution is 2.25. The summed E-state index contributed by atoms with van der Waals surface area (Å²) in [6.07, 6.45) is 0. The highest BCUT2D eigenvalue weighted by atomic mass is 32.2. The van der Waals surface area contributed by atoms with Gasteiger partial charge in [-0.3, -0.25) is 9.10 Å². The van der Waals surface area contributed by atoms with E-state index in [1.165, 1.54) is 0 Å². The molecule has 7 heteroatoms. The Bertz CT molecular complexity index is 1160. The van der Waals surface area contributed by atoms with Gasteiger partial charge in [0.25, 0.3) is 10.0 Å². The lowest BCUT2D eigenvalue weighted by molar-refractivity contribution is -0.114. The standard InChI is InChI=1S/C24H26N2O4S/c1-18-10-12-23(13-11-18)31(28,29)26(22-9-4-6-19(2)14-22)16-24(27)25-21-8-5-7-20(15-21)17-30-3/h4-15H,16-17H2,1-3H3,(H,25,27). The first-order valence-corrected chi connectivity index (χ1v) is 11.3. The lowest BCUT2D eigenvalue weighted by Gasteiger charge is -2.24. The summed E-state index contributed by atoms with van der Waals surface area (Å²) in [6, 6.07) is 20.9. The third-order valence-corrected chi connectivity index (χ3v) is 6.50. The smallest absolute Gasteiger partial charge is 0.264 e. The minimum Gasteiger partial charge on any atom is -0.380 e. The fourth-order valence-corrected chi connectivity index (χ4v) is 4.58. The zero-order valence-corrected chi connectivity index (χ0v) is 18.6. The van der Waals surface area contributed by atoms with Crippen LogP contribution in [0, 0.1) is 13.8 Å². The number of carbonyl (C=O) groups excluding carboxylic acids is 1. The van der Waals surface area contributed by atoms with Gasteiger partial charge in [0.15, 0.2) is 0 Å². The number of hydrogen-bond donors (Lipinski definition) is 1. The number of nitrogens with one attached hydrogen (secondary N) is 1. The van der Waals surface area contributed by atoms with E-state index in [2.05, 4.69) is 5.32 Å². The Balaban J connectivity index is 1.91. The number of nitrogens with zero attached hydrogens (tertiary/aromatic N) is 1. The molecule has 6 nitrogen and oxygen atoms in total. The lowest BCUT2D eigenvalue weighted by atomic mass is 10.2. The topological polar surface area (TPSA) is 75.7 Å². The van der Waals surface area contributed by atoms with Gasteiger partial charge in [0, 0.05) is 12.8 Å². The number of anilines is 2. The largest absolute Gasteiger partial charge is 0.380 e.